The molecule has 2 amide bonds. The van der Waals surface area contributed by atoms with Gasteiger partial charge in [-0.25, -0.2) is 4.90 Å². The Bertz CT molecular complexity index is 1010. The summed E-state index contributed by atoms with van der Waals surface area (Å²) in [4.78, 5) is 32.8. The molecule has 4 rings (SSSR count). The highest BCUT2D eigenvalue weighted by atomic mass is 16.7. The first-order chi connectivity index (χ1) is 13.5. The highest BCUT2D eigenvalue weighted by molar-refractivity contribution is 6.33. The van der Waals surface area contributed by atoms with Crippen molar-refractivity contribution in [2.24, 2.45) is 11.1 Å². The van der Waals surface area contributed by atoms with Crippen molar-refractivity contribution < 1.29 is 23.9 Å². The van der Waals surface area contributed by atoms with E-state index in [1.165, 1.54) is 12.0 Å². The molecule has 2 aliphatic heterocycles. The summed E-state index contributed by atoms with van der Waals surface area (Å²) < 4.78 is 10.7. The van der Waals surface area contributed by atoms with E-state index in [4.69, 9.17) is 14.3 Å². The number of amides is 2. The number of imide groups is 1. The molecule has 2 aromatic carbocycles. The third-order valence-electron chi connectivity index (χ3n) is 5.31. The molecule has 0 N–H and O–H groups in total. The molecule has 144 valence electrons. The number of ether oxygens (including phenoxy) is 2. The second-order valence-corrected chi connectivity index (χ2v) is 6.78. The van der Waals surface area contributed by atoms with Crippen molar-refractivity contribution in [2.75, 3.05) is 19.1 Å². The number of oxime groups is 1. The number of rotatable bonds is 4. The number of hydrogen-bond donors (Lipinski definition) is 0. The number of benzene rings is 2. The summed E-state index contributed by atoms with van der Waals surface area (Å²) in [5.74, 6) is -0.484. The van der Waals surface area contributed by atoms with Crippen LogP contribution in [0.5, 0.6) is 11.5 Å². The van der Waals surface area contributed by atoms with Gasteiger partial charge in [0.15, 0.2) is 0 Å². The van der Waals surface area contributed by atoms with Crippen molar-refractivity contribution in [1.29, 1.82) is 0 Å². The first-order valence-corrected chi connectivity index (χ1v) is 8.88. The van der Waals surface area contributed by atoms with Gasteiger partial charge in [0.25, 0.3) is 5.91 Å². The smallest absolute Gasteiger partial charge is 0.278 e. The van der Waals surface area contributed by atoms with E-state index in [1.807, 2.05) is 26.0 Å². The van der Waals surface area contributed by atoms with E-state index in [0.29, 0.717) is 28.5 Å². The van der Waals surface area contributed by atoms with Crippen LogP contribution < -0.4 is 14.4 Å². The van der Waals surface area contributed by atoms with Crippen LogP contribution in [-0.4, -0.2) is 37.8 Å². The Labute approximate surface area is 162 Å². The Morgan fingerprint density at radius 1 is 1.04 bits per heavy atom. The molecule has 0 bridgehead atoms. The number of anilines is 1. The molecular formula is C21H20N2O5. The third-order valence-corrected chi connectivity index (χ3v) is 5.31. The van der Waals surface area contributed by atoms with Gasteiger partial charge in [-0.1, -0.05) is 17.3 Å². The number of aryl methyl sites for hydroxylation is 1. The van der Waals surface area contributed by atoms with Gasteiger partial charge in [-0.3, -0.25) is 9.59 Å². The summed E-state index contributed by atoms with van der Waals surface area (Å²) in [6, 6.07) is 10.7. The van der Waals surface area contributed by atoms with Gasteiger partial charge in [-0.15, -0.1) is 0 Å². The quantitative estimate of drug-likeness (QED) is 0.762. The number of hydrogen-bond acceptors (Lipinski definition) is 6. The maximum Gasteiger partial charge on any atom is 0.278 e. The van der Waals surface area contributed by atoms with Crippen molar-refractivity contribution in [3.05, 3.63) is 53.1 Å². The van der Waals surface area contributed by atoms with Gasteiger partial charge >= 0.3 is 0 Å². The summed E-state index contributed by atoms with van der Waals surface area (Å²) in [6.07, 6.45) is -0.974. The maximum absolute atomic E-state index is 13.3. The fraction of sp³-hybridized carbons (Fsp3) is 0.286. The van der Waals surface area contributed by atoms with E-state index in [1.54, 1.807) is 31.4 Å². The Hall–Kier alpha value is -3.35. The minimum Gasteiger partial charge on any atom is -0.497 e. The average molecular weight is 380 g/mol. The van der Waals surface area contributed by atoms with E-state index < -0.39 is 17.9 Å². The normalized spacial score (nSPS) is 20.7. The molecule has 7 nitrogen and oxygen atoms in total. The lowest BCUT2D eigenvalue weighted by atomic mass is 9.93. The van der Waals surface area contributed by atoms with E-state index in [-0.39, 0.29) is 5.91 Å². The van der Waals surface area contributed by atoms with Crippen molar-refractivity contribution in [3.63, 3.8) is 0 Å². The van der Waals surface area contributed by atoms with Crippen LogP contribution in [0.15, 0.2) is 41.6 Å². The average Bonchev–Trinajstić information content (AvgIpc) is 3.24. The first-order valence-electron chi connectivity index (χ1n) is 8.88. The zero-order valence-corrected chi connectivity index (χ0v) is 16.1. The fourth-order valence-electron chi connectivity index (χ4n) is 3.63. The Morgan fingerprint density at radius 3 is 2.54 bits per heavy atom. The molecule has 0 aromatic heterocycles. The molecule has 2 aliphatic rings. The van der Waals surface area contributed by atoms with Crippen LogP contribution in [0.1, 0.15) is 16.7 Å². The summed E-state index contributed by atoms with van der Waals surface area (Å²) in [5, 5.41) is 4.06. The predicted molar refractivity (Wildman–Crippen MR) is 103 cm³/mol. The zero-order valence-electron chi connectivity index (χ0n) is 16.1. The molecule has 2 aromatic rings. The highest BCUT2D eigenvalue weighted by Gasteiger charge is 2.56. The molecule has 0 aliphatic carbocycles. The second kappa shape index (κ2) is 6.67. The predicted octanol–water partition coefficient (Wildman–Crippen LogP) is 2.61. The molecule has 0 spiro atoms. The maximum atomic E-state index is 13.3. The summed E-state index contributed by atoms with van der Waals surface area (Å²) in [7, 11) is 3.08. The van der Waals surface area contributed by atoms with Gasteiger partial charge in [0.05, 0.1) is 19.9 Å². The summed E-state index contributed by atoms with van der Waals surface area (Å²) in [6.45, 7) is 3.83. The Morgan fingerprint density at radius 2 is 1.82 bits per heavy atom. The third kappa shape index (κ3) is 2.54. The molecule has 7 heteroatoms. The highest BCUT2D eigenvalue weighted by Crippen LogP contribution is 2.39. The first kappa shape index (κ1) is 18.0. The summed E-state index contributed by atoms with van der Waals surface area (Å²) >= 11 is 0. The van der Waals surface area contributed by atoms with Crippen LogP contribution in [0.2, 0.25) is 0 Å². The molecule has 0 radical (unpaired) electrons. The lowest BCUT2D eigenvalue weighted by molar-refractivity contribution is -0.126. The minimum absolute atomic E-state index is 0.357. The molecule has 28 heavy (non-hydrogen) atoms. The Kier molecular flexibility index (Phi) is 4.30. The topological polar surface area (TPSA) is 77.4 Å². The van der Waals surface area contributed by atoms with E-state index in [2.05, 4.69) is 5.16 Å². The van der Waals surface area contributed by atoms with Crippen LogP contribution in [-0.2, 0) is 14.4 Å². The van der Waals surface area contributed by atoms with Crippen molar-refractivity contribution in [2.45, 2.75) is 20.0 Å². The monoisotopic (exact) mass is 380 g/mol. The molecule has 1 fully saturated rings. The van der Waals surface area contributed by atoms with Crippen molar-refractivity contribution in [1.82, 2.24) is 0 Å². The lowest BCUT2D eigenvalue weighted by Gasteiger charge is -2.19. The van der Waals surface area contributed by atoms with Crippen LogP contribution in [0.25, 0.3) is 0 Å². The Balaban J connectivity index is 1.77. The molecule has 0 saturated carbocycles. The standard InChI is InChI=1S/C21H20N2O5/c1-11-6-5-7-15(12(11)2)23-20(24)17-18(22-28-19(17)21(23)25)14-10-13(26-3)8-9-16(14)27-4/h5-10,17,19H,1-4H3/t17-,19+/m0/s1. The largest absolute Gasteiger partial charge is 0.497 e. The molecule has 1 saturated heterocycles. The van der Waals surface area contributed by atoms with Gasteiger partial charge in [0, 0.05) is 5.56 Å². The molecule has 2 heterocycles. The van der Waals surface area contributed by atoms with Crippen molar-refractivity contribution >= 4 is 23.2 Å². The van der Waals surface area contributed by atoms with Gasteiger partial charge < -0.3 is 14.3 Å². The van der Waals surface area contributed by atoms with Gasteiger partial charge in [-0.05, 0) is 49.2 Å². The number of carbonyl (C=O) groups excluding carboxylic acids is 2. The van der Waals surface area contributed by atoms with Gasteiger partial charge in [-0.2, -0.15) is 0 Å². The van der Waals surface area contributed by atoms with Gasteiger partial charge in [0.2, 0.25) is 12.0 Å². The van der Waals surface area contributed by atoms with Crippen LogP contribution in [0, 0.1) is 19.8 Å². The molecular weight excluding hydrogens is 360 g/mol. The van der Waals surface area contributed by atoms with Crippen LogP contribution >= 0.6 is 0 Å². The number of methoxy groups -OCH3 is 2. The lowest BCUT2D eigenvalue weighted by Crippen LogP contribution is -2.33. The van der Waals surface area contributed by atoms with Crippen LogP contribution in [0.4, 0.5) is 5.69 Å². The van der Waals surface area contributed by atoms with Crippen LogP contribution in [0.3, 0.4) is 0 Å². The van der Waals surface area contributed by atoms with E-state index >= 15 is 0 Å². The van der Waals surface area contributed by atoms with E-state index in [0.717, 1.165) is 11.1 Å². The minimum atomic E-state index is -0.974. The zero-order chi connectivity index (χ0) is 20.0. The van der Waals surface area contributed by atoms with Gasteiger partial charge in [0.1, 0.15) is 23.1 Å². The fourth-order valence-corrected chi connectivity index (χ4v) is 3.63. The molecule has 2 atom stereocenters. The SMILES string of the molecule is COc1ccc(OC)c(C2=NO[C@H]3C(=O)N(c4cccc(C)c4C)C(=O)[C@@H]23)c1. The van der Waals surface area contributed by atoms with E-state index in [9.17, 15) is 9.59 Å². The second-order valence-electron chi connectivity index (χ2n) is 6.78. The molecule has 0 unspecified atom stereocenters. The number of carbonyl (C=O) groups is 2. The number of fused-ring (bicyclic) bond motifs is 1. The summed E-state index contributed by atoms with van der Waals surface area (Å²) in [5.41, 5.74) is 3.39. The van der Waals surface area contributed by atoms with Crippen molar-refractivity contribution in [3.8, 4) is 11.5 Å². The number of nitrogens with zero attached hydrogens (tertiary/aromatic N) is 2.